The molecule has 0 fully saturated rings. The van der Waals surface area contributed by atoms with Gasteiger partial charge in [-0.2, -0.15) is 10.2 Å². The number of hydrazone groups is 2. The standard InChI is InChI=1S/C23H20N4O3/c1-16-12-19(14-24-26-22(29)17-8-4-2-5-9-17)21(28)20(13-16)15-25-27-23(30)18-10-6-3-7-11-18/h2-15,28H,1H3,(H,26,29)(H,27,30)/b24-14-,25-15+. The lowest BCUT2D eigenvalue weighted by Crippen LogP contribution is -2.17. The minimum absolute atomic E-state index is 0.0731. The molecule has 0 atom stereocenters. The van der Waals surface area contributed by atoms with Crippen molar-refractivity contribution in [2.75, 3.05) is 0 Å². The van der Waals surface area contributed by atoms with Gasteiger partial charge in [-0.3, -0.25) is 9.59 Å². The van der Waals surface area contributed by atoms with E-state index in [0.717, 1.165) is 5.56 Å². The summed E-state index contributed by atoms with van der Waals surface area (Å²) in [6.45, 7) is 1.85. The van der Waals surface area contributed by atoms with Crippen molar-refractivity contribution in [3.8, 4) is 5.75 Å². The number of hydrogen-bond acceptors (Lipinski definition) is 5. The Morgan fingerprint density at radius 2 is 1.17 bits per heavy atom. The van der Waals surface area contributed by atoms with E-state index >= 15 is 0 Å². The Hall–Kier alpha value is -4.26. The zero-order valence-corrected chi connectivity index (χ0v) is 16.2. The van der Waals surface area contributed by atoms with Crippen molar-refractivity contribution in [1.82, 2.24) is 10.9 Å². The van der Waals surface area contributed by atoms with Crippen molar-refractivity contribution in [3.63, 3.8) is 0 Å². The number of nitrogens with one attached hydrogen (secondary N) is 2. The number of phenolic OH excluding ortho intramolecular Hbond substituents is 1. The predicted octanol–water partition coefficient (Wildman–Crippen LogP) is 3.23. The van der Waals surface area contributed by atoms with Gasteiger partial charge in [-0.15, -0.1) is 0 Å². The Kier molecular flexibility index (Phi) is 6.68. The Morgan fingerprint density at radius 1 is 0.767 bits per heavy atom. The van der Waals surface area contributed by atoms with Crippen LogP contribution in [0.1, 0.15) is 37.4 Å². The second-order valence-electron chi connectivity index (χ2n) is 6.42. The summed E-state index contributed by atoms with van der Waals surface area (Å²) in [5.74, 6) is -0.787. The van der Waals surface area contributed by atoms with E-state index in [1.807, 2.05) is 19.1 Å². The molecule has 0 unspecified atom stereocenters. The number of benzene rings is 3. The molecule has 3 rings (SSSR count). The van der Waals surface area contributed by atoms with Gasteiger partial charge in [-0.05, 0) is 48.9 Å². The van der Waals surface area contributed by atoms with Crippen LogP contribution in [0.3, 0.4) is 0 Å². The molecule has 0 bridgehead atoms. The van der Waals surface area contributed by atoms with Gasteiger partial charge >= 0.3 is 0 Å². The summed E-state index contributed by atoms with van der Waals surface area (Å²) in [5, 5.41) is 18.3. The summed E-state index contributed by atoms with van der Waals surface area (Å²) in [7, 11) is 0. The molecule has 0 radical (unpaired) electrons. The average Bonchev–Trinajstić information content (AvgIpc) is 2.77. The van der Waals surface area contributed by atoms with Gasteiger partial charge in [0.2, 0.25) is 0 Å². The fraction of sp³-hybridized carbons (Fsp3) is 0.0435. The molecule has 3 N–H and O–H groups in total. The molecule has 30 heavy (non-hydrogen) atoms. The van der Waals surface area contributed by atoms with Crippen LogP contribution in [0, 0.1) is 6.92 Å². The first-order chi connectivity index (χ1) is 14.5. The lowest BCUT2D eigenvalue weighted by molar-refractivity contribution is 0.0947. The van der Waals surface area contributed by atoms with Gasteiger partial charge in [0, 0.05) is 22.3 Å². The molecule has 0 aromatic heterocycles. The highest BCUT2D eigenvalue weighted by atomic mass is 16.3. The van der Waals surface area contributed by atoms with Crippen LogP contribution < -0.4 is 10.9 Å². The van der Waals surface area contributed by atoms with E-state index in [4.69, 9.17) is 0 Å². The number of nitrogens with zero attached hydrogens (tertiary/aromatic N) is 2. The van der Waals surface area contributed by atoms with Gasteiger partial charge in [-0.1, -0.05) is 36.4 Å². The number of hydrogen-bond donors (Lipinski definition) is 3. The molecule has 2 amide bonds. The van der Waals surface area contributed by atoms with Gasteiger partial charge in [0.15, 0.2) is 0 Å². The maximum Gasteiger partial charge on any atom is 0.271 e. The predicted molar refractivity (Wildman–Crippen MR) is 116 cm³/mol. The Morgan fingerprint density at radius 3 is 1.57 bits per heavy atom. The summed E-state index contributed by atoms with van der Waals surface area (Å²) in [6.07, 6.45) is 2.70. The van der Waals surface area contributed by atoms with Gasteiger partial charge in [-0.25, -0.2) is 10.9 Å². The summed E-state index contributed by atoms with van der Waals surface area (Å²) in [6, 6.07) is 20.8. The van der Waals surface area contributed by atoms with Crippen LogP contribution in [0.2, 0.25) is 0 Å². The molecule has 0 spiro atoms. The quantitative estimate of drug-likeness (QED) is 0.437. The van der Waals surface area contributed by atoms with Crippen molar-refractivity contribution in [3.05, 3.63) is 101 Å². The van der Waals surface area contributed by atoms with Gasteiger partial charge < -0.3 is 5.11 Å². The third-order valence-corrected chi connectivity index (χ3v) is 4.12. The van der Waals surface area contributed by atoms with E-state index in [1.54, 1.807) is 60.7 Å². The van der Waals surface area contributed by atoms with Crippen LogP contribution in [0.5, 0.6) is 5.75 Å². The van der Waals surface area contributed by atoms with Crippen molar-refractivity contribution in [2.24, 2.45) is 10.2 Å². The molecule has 150 valence electrons. The highest BCUT2D eigenvalue weighted by Crippen LogP contribution is 2.21. The summed E-state index contributed by atoms with van der Waals surface area (Å²) < 4.78 is 0. The molecule has 7 heteroatoms. The van der Waals surface area contributed by atoms with Crippen molar-refractivity contribution < 1.29 is 14.7 Å². The van der Waals surface area contributed by atoms with Crippen LogP contribution in [0.25, 0.3) is 0 Å². The first-order valence-electron chi connectivity index (χ1n) is 9.15. The van der Waals surface area contributed by atoms with Crippen molar-refractivity contribution in [2.45, 2.75) is 6.92 Å². The normalized spacial score (nSPS) is 11.0. The SMILES string of the molecule is Cc1cc(/C=N\NC(=O)c2ccccc2)c(O)c(/C=N/NC(=O)c2ccccc2)c1. The fourth-order valence-corrected chi connectivity index (χ4v) is 2.66. The van der Waals surface area contributed by atoms with Gasteiger partial charge in [0.25, 0.3) is 11.8 Å². The fourth-order valence-electron chi connectivity index (χ4n) is 2.66. The molecule has 0 aliphatic carbocycles. The van der Waals surface area contributed by atoms with Crippen LogP contribution in [0.15, 0.2) is 83.0 Å². The van der Waals surface area contributed by atoms with E-state index in [9.17, 15) is 14.7 Å². The molecule has 3 aromatic carbocycles. The maximum atomic E-state index is 12.0. The van der Waals surface area contributed by atoms with E-state index < -0.39 is 0 Å². The third kappa shape index (κ3) is 5.39. The number of carbonyl (C=O) groups excluding carboxylic acids is 2. The van der Waals surface area contributed by atoms with E-state index in [1.165, 1.54) is 12.4 Å². The highest BCUT2D eigenvalue weighted by Gasteiger charge is 2.08. The minimum atomic E-state index is -0.357. The van der Waals surface area contributed by atoms with Crippen molar-refractivity contribution in [1.29, 1.82) is 0 Å². The maximum absolute atomic E-state index is 12.0. The molecular formula is C23H20N4O3. The van der Waals surface area contributed by atoms with Crippen LogP contribution in [-0.4, -0.2) is 29.4 Å². The molecule has 0 aliphatic rings. The van der Waals surface area contributed by atoms with Crippen LogP contribution in [0.4, 0.5) is 0 Å². The Balaban J connectivity index is 1.68. The summed E-state index contributed by atoms with van der Waals surface area (Å²) in [5.41, 5.74) is 7.44. The summed E-state index contributed by atoms with van der Waals surface area (Å²) in [4.78, 5) is 24.1. The zero-order valence-electron chi connectivity index (χ0n) is 16.2. The average molecular weight is 400 g/mol. The number of phenols is 1. The molecule has 0 saturated heterocycles. The Labute approximate surface area is 173 Å². The van der Waals surface area contributed by atoms with Crippen molar-refractivity contribution >= 4 is 24.2 Å². The number of aryl methyl sites for hydroxylation is 1. The van der Waals surface area contributed by atoms with Crippen LogP contribution >= 0.6 is 0 Å². The third-order valence-electron chi connectivity index (χ3n) is 4.12. The molecule has 7 nitrogen and oxygen atoms in total. The first kappa shape index (κ1) is 20.5. The lowest BCUT2D eigenvalue weighted by Gasteiger charge is -2.06. The monoisotopic (exact) mass is 400 g/mol. The largest absolute Gasteiger partial charge is 0.507 e. The molecule has 0 saturated carbocycles. The van der Waals surface area contributed by atoms with Crippen LogP contribution in [-0.2, 0) is 0 Å². The molecule has 0 heterocycles. The second-order valence-corrected chi connectivity index (χ2v) is 6.42. The molecule has 3 aromatic rings. The lowest BCUT2D eigenvalue weighted by atomic mass is 10.1. The Bertz CT molecular complexity index is 1010. The van der Waals surface area contributed by atoms with E-state index in [0.29, 0.717) is 22.3 Å². The van der Waals surface area contributed by atoms with Gasteiger partial charge in [0.05, 0.1) is 12.4 Å². The smallest absolute Gasteiger partial charge is 0.271 e. The molecular weight excluding hydrogens is 380 g/mol. The van der Waals surface area contributed by atoms with E-state index in [2.05, 4.69) is 21.1 Å². The number of amides is 2. The minimum Gasteiger partial charge on any atom is -0.507 e. The zero-order chi connectivity index (χ0) is 21.3. The first-order valence-corrected chi connectivity index (χ1v) is 9.15. The number of carbonyl (C=O) groups is 2. The number of aromatic hydroxyl groups is 1. The highest BCUT2D eigenvalue weighted by molar-refractivity contribution is 5.97. The number of rotatable bonds is 6. The second kappa shape index (κ2) is 9.79. The summed E-state index contributed by atoms with van der Waals surface area (Å²) >= 11 is 0. The molecule has 0 aliphatic heterocycles. The topological polar surface area (TPSA) is 103 Å². The van der Waals surface area contributed by atoms with Gasteiger partial charge in [0.1, 0.15) is 5.75 Å². The van der Waals surface area contributed by atoms with E-state index in [-0.39, 0.29) is 17.6 Å².